The number of hydrogen-bond acceptors (Lipinski definition) is 2. The van der Waals surface area contributed by atoms with Crippen LogP contribution in [-0.2, 0) is 0 Å². The lowest BCUT2D eigenvalue weighted by molar-refractivity contribution is 0.0690. The van der Waals surface area contributed by atoms with Gasteiger partial charge in [0.2, 0.25) is 0 Å². The van der Waals surface area contributed by atoms with Gasteiger partial charge >= 0.3 is 5.97 Å². The molecule has 0 amide bonds. The van der Waals surface area contributed by atoms with Crippen molar-refractivity contribution in [2.24, 2.45) is 0 Å². The molecule has 0 aliphatic rings. The second kappa shape index (κ2) is 4.85. The summed E-state index contributed by atoms with van der Waals surface area (Å²) in [6, 6.07) is 1.44. The maximum Gasteiger partial charge on any atom is 0.356 e. The van der Waals surface area contributed by atoms with Gasteiger partial charge in [-0.05, 0) is 6.07 Å². The summed E-state index contributed by atoms with van der Waals surface area (Å²) in [5, 5.41) is 8.70. The van der Waals surface area contributed by atoms with Crippen LogP contribution in [0.5, 0.6) is 0 Å². The molecule has 0 fully saturated rings. The zero-order valence-electron chi connectivity index (χ0n) is 6.92. The van der Waals surface area contributed by atoms with Gasteiger partial charge < -0.3 is 5.11 Å². The molecule has 3 nitrogen and oxygen atoms in total. The number of halogens is 2. The van der Waals surface area contributed by atoms with Crippen LogP contribution in [0, 0.1) is 11.8 Å². The topological polar surface area (TPSA) is 50.2 Å². The average molecular weight is 230 g/mol. The Labute approximate surface area is 90.7 Å². The van der Waals surface area contributed by atoms with Gasteiger partial charge in [-0.3, -0.25) is 0 Å². The molecule has 0 radical (unpaired) electrons. The van der Waals surface area contributed by atoms with Crippen molar-refractivity contribution < 1.29 is 9.90 Å². The summed E-state index contributed by atoms with van der Waals surface area (Å²) in [4.78, 5) is 14.2. The van der Waals surface area contributed by atoms with E-state index in [1.165, 1.54) is 12.3 Å². The minimum absolute atomic E-state index is 0.0684. The second-order valence-electron chi connectivity index (χ2n) is 2.29. The number of carboxylic acid groups (broad SMARTS) is 1. The Morgan fingerprint density at radius 1 is 1.64 bits per heavy atom. The molecule has 1 N–H and O–H groups in total. The molecule has 0 aliphatic carbocycles. The molecule has 1 rings (SSSR count). The molecule has 0 saturated heterocycles. The minimum Gasteiger partial charge on any atom is -0.476 e. The molecule has 0 spiro atoms. The van der Waals surface area contributed by atoms with E-state index in [1.807, 2.05) is 0 Å². The monoisotopic (exact) mass is 229 g/mol. The van der Waals surface area contributed by atoms with Crippen LogP contribution in [0.25, 0.3) is 0 Å². The molecule has 0 bridgehead atoms. The van der Waals surface area contributed by atoms with E-state index >= 15 is 0 Å². The van der Waals surface area contributed by atoms with Gasteiger partial charge in [0, 0.05) is 11.8 Å². The highest BCUT2D eigenvalue weighted by Gasteiger charge is 2.09. The van der Waals surface area contributed by atoms with E-state index in [9.17, 15) is 4.79 Å². The van der Waals surface area contributed by atoms with Gasteiger partial charge in [0.1, 0.15) is 0 Å². The Bertz CT molecular complexity index is 421. The Kier molecular flexibility index (Phi) is 3.75. The van der Waals surface area contributed by atoms with Crippen molar-refractivity contribution in [2.45, 2.75) is 0 Å². The van der Waals surface area contributed by atoms with Gasteiger partial charge in [0.25, 0.3) is 0 Å². The summed E-state index contributed by atoms with van der Waals surface area (Å²) >= 11 is 11.0. The smallest absolute Gasteiger partial charge is 0.356 e. The molecule has 0 aliphatic heterocycles. The van der Waals surface area contributed by atoms with Gasteiger partial charge in [0.15, 0.2) is 5.69 Å². The fourth-order valence-electron chi connectivity index (χ4n) is 0.799. The van der Waals surface area contributed by atoms with E-state index in [1.54, 1.807) is 0 Å². The van der Waals surface area contributed by atoms with E-state index < -0.39 is 5.97 Å². The van der Waals surface area contributed by atoms with Crippen molar-refractivity contribution in [3.63, 3.8) is 0 Å². The standard InChI is InChI=1S/C9H5Cl2NO2/c10-3-1-2-6-4-7(11)8(9(13)14)12-5-6/h4-5H,3H2,(H,13,14). The summed E-state index contributed by atoms with van der Waals surface area (Å²) in [5.74, 6) is 4.34. The van der Waals surface area contributed by atoms with Crippen molar-refractivity contribution in [2.75, 3.05) is 5.88 Å². The molecule has 5 heteroatoms. The van der Waals surface area contributed by atoms with Crippen molar-refractivity contribution >= 4 is 29.2 Å². The number of alkyl halides is 1. The van der Waals surface area contributed by atoms with E-state index in [0.29, 0.717) is 5.56 Å². The van der Waals surface area contributed by atoms with E-state index in [-0.39, 0.29) is 16.6 Å². The molecular formula is C9H5Cl2NO2. The number of hydrogen-bond donors (Lipinski definition) is 1. The summed E-state index contributed by atoms with van der Waals surface area (Å²) in [6.45, 7) is 0. The number of aromatic carboxylic acids is 1. The van der Waals surface area contributed by atoms with Crippen LogP contribution in [0.4, 0.5) is 0 Å². The van der Waals surface area contributed by atoms with Crippen molar-refractivity contribution in [1.29, 1.82) is 0 Å². The van der Waals surface area contributed by atoms with Gasteiger partial charge in [-0.2, -0.15) is 0 Å². The van der Waals surface area contributed by atoms with Gasteiger partial charge in [-0.1, -0.05) is 23.4 Å². The molecule has 0 atom stereocenters. The normalized spacial score (nSPS) is 9.00. The van der Waals surface area contributed by atoms with Gasteiger partial charge in [0.05, 0.1) is 10.9 Å². The first-order chi connectivity index (χ1) is 6.65. The first-order valence-electron chi connectivity index (χ1n) is 3.59. The first-order valence-corrected chi connectivity index (χ1v) is 4.50. The molecule has 0 unspecified atom stereocenters. The van der Waals surface area contributed by atoms with Crippen LogP contribution in [0.1, 0.15) is 16.1 Å². The molecule has 0 saturated carbocycles. The molecule has 14 heavy (non-hydrogen) atoms. The second-order valence-corrected chi connectivity index (χ2v) is 2.97. The number of pyridine rings is 1. The molecule has 0 aromatic carbocycles. The molecule has 1 heterocycles. The number of aromatic nitrogens is 1. The van der Waals surface area contributed by atoms with Crippen molar-refractivity contribution in [3.8, 4) is 11.8 Å². The lowest BCUT2D eigenvalue weighted by atomic mass is 10.2. The summed E-state index contributed by atoms with van der Waals surface area (Å²) < 4.78 is 0. The highest BCUT2D eigenvalue weighted by Crippen LogP contribution is 2.14. The minimum atomic E-state index is -1.16. The third kappa shape index (κ3) is 2.63. The van der Waals surface area contributed by atoms with Crippen LogP contribution in [0.2, 0.25) is 5.02 Å². The molecule has 1 aromatic heterocycles. The zero-order chi connectivity index (χ0) is 10.6. The van der Waals surface area contributed by atoms with Crippen molar-refractivity contribution in [3.05, 3.63) is 28.5 Å². The SMILES string of the molecule is O=C(O)c1ncc(C#CCCl)cc1Cl. The lowest BCUT2D eigenvalue weighted by Gasteiger charge is -1.97. The van der Waals surface area contributed by atoms with Crippen LogP contribution < -0.4 is 0 Å². The number of carbonyl (C=O) groups is 1. The van der Waals surface area contributed by atoms with Crippen molar-refractivity contribution in [1.82, 2.24) is 4.98 Å². The number of rotatable bonds is 1. The molecular weight excluding hydrogens is 225 g/mol. The van der Waals surface area contributed by atoms with Gasteiger partial charge in [-0.15, -0.1) is 11.6 Å². The maximum absolute atomic E-state index is 10.5. The van der Waals surface area contributed by atoms with Crippen LogP contribution in [0.15, 0.2) is 12.3 Å². The highest BCUT2D eigenvalue weighted by molar-refractivity contribution is 6.33. The fraction of sp³-hybridized carbons (Fsp3) is 0.111. The highest BCUT2D eigenvalue weighted by atomic mass is 35.5. The Morgan fingerprint density at radius 2 is 2.36 bits per heavy atom. The predicted octanol–water partition coefficient (Wildman–Crippen LogP) is 2.02. The zero-order valence-corrected chi connectivity index (χ0v) is 8.43. The Morgan fingerprint density at radius 3 is 2.86 bits per heavy atom. The third-order valence-corrected chi connectivity index (χ3v) is 1.77. The quantitative estimate of drug-likeness (QED) is 0.593. The lowest BCUT2D eigenvalue weighted by Crippen LogP contribution is -2.01. The largest absolute Gasteiger partial charge is 0.476 e. The summed E-state index contributed by atoms with van der Waals surface area (Å²) in [6.07, 6.45) is 1.34. The van der Waals surface area contributed by atoms with Crippen LogP contribution in [0.3, 0.4) is 0 Å². The van der Waals surface area contributed by atoms with E-state index in [2.05, 4.69) is 16.8 Å². The molecule has 1 aromatic rings. The fourth-order valence-corrected chi connectivity index (χ4v) is 1.11. The summed E-state index contributed by atoms with van der Waals surface area (Å²) in [7, 11) is 0. The first kappa shape index (κ1) is 10.8. The average Bonchev–Trinajstić information content (AvgIpc) is 2.14. The predicted molar refractivity (Wildman–Crippen MR) is 53.8 cm³/mol. The molecule has 72 valence electrons. The Balaban J connectivity index is 3.06. The van der Waals surface area contributed by atoms with Crippen LogP contribution in [-0.4, -0.2) is 21.9 Å². The maximum atomic E-state index is 10.5. The third-order valence-electron chi connectivity index (χ3n) is 1.34. The van der Waals surface area contributed by atoms with E-state index in [4.69, 9.17) is 28.3 Å². The number of carboxylic acids is 1. The van der Waals surface area contributed by atoms with Gasteiger partial charge in [-0.25, -0.2) is 9.78 Å². The van der Waals surface area contributed by atoms with Crippen LogP contribution >= 0.6 is 23.2 Å². The summed E-state index contributed by atoms with van der Waals surface area (Å²) in [5.41, 5.74) is 0.365. The number of nitrogens with zero attached hydrogens (tertiary/aromatic N) is 1. The van der Waals surface area contributed by atoms with E-state index in [0.717, 1.165) is 0 Å². The Hall–Kier alpha value is -1.24.